The molecule has 0 heterocycles. The number of anilines is 1. The first-order valence-electron chi connectivity index (χ1n) is 15.1. The van der Waals surface area contributed by atoms with Crippen molar-refractivity contribution in [2.45, 2.75) is 57.1 Å². The molecule has 0 radical (unpaired) electrons. The van der Waals surface area contributed by atoms with Gasteiger partial charge in [-0.25, -0.2) is 8.42 Å². The lowest BCUT2D eigenvalue weighted by Crippen LogP contribution is -2.54. The first-order chi connectivity index (χ1) is 22.0. The Morgan fingerprint density at radius 1 is 0.913 bits per heavy atom. The van der Waals surface area contributed by atoms with Gasteiger partial charge < -0.3 is 15.0 Å². The summed E-state index contributed by atoms with van der Waals surface area (Å²) in [5.74, 6) is -0.666. The summed E-state index contributed by atoms with van der Waals surface area (Å²) in [4.78, 5) is 30.1. The fraction of sp³-hybridized carbons (Fsp3) is 0.278. The summed E-state index contributed by atoms with van der Waals surface area (Å²) in [6.07, 6.45) is 0.930. The Hall–Kier alpha value is -4.34. The molecular weight excluding hydrogens is 622 g/mol. The molecule has 4 rings (SSSR count). The van der Waals surface area contributed by atoms with E-state index in [1.807, 2.05) is 75.4 Å². The summed E-state index contributed by atoms with van der Waals surface area (Å²) >= 11 is 6.36. The zero-order chi connectivity index (χ0) is 33.3. The number of nitrogens with one attached hydrogen (secondary N) is 1. The van der Waals surface area contributed by atoms with Crippen molar-refractivity contribution in [1.82, 2.24) is 10.2 Å². The number of carbonyl (C=O) groups is 2. The zero-order valence-corrected chi connectivity index (χ0v) is 28.1. The maximum Gasteiger partial charge on any atom is 0.264 e. The van der Waals surface area contributed by atoms with Crippen LogP contribution in [0.3, 0.4) is 0 Å². The Labute approximate surface area is 277 Å². The number of ether oxygens (including phenoxy) is 1. The number of rotatable bonds is 14. The van der Waals surface area contributed by atoms with Gasteiger partial charge in [-0.05, 0) is 67.3 Å². The molecule has 1 N–H and O–H groups in total. The van der Waals surface area contributed by atoms with Gasteiger partial charge in [0.05, 0.1) is 17.7 Å². The second-order valence-electron chi connectivity index (χ2n) is 11.1. The molecule has 10 heteroatoms. The predicted molar refractivity (Wildman–Crippen MR) is 183 cm³/mol. The number of hydrogen-bond donors (Lipinski definition) is 1. The Morgan fingerprint density at radius 2 is 1.54 bits per heavy atom. The van der Waals surface area contributed by atoms with E-state index < -0.39 is 28.5 Å². The molecule has 2 atom stereocenters. The van der Waals surface area contributed by atoms with Crippen molar-refractivity contribution < 1.29 is 22.7 Å². The van der Waals surface area contributed by atoms with Crippen LogP contribution >= 0.6 is 11.6 Å². The molecule has 4 aromatic rings. The van der Waals surface area contributed by atoms with E-state index in [1.165, 1.54) is 30.2 Å². The second-order valence-corrected chi connectivity index (χ2v) is 13.4. The molecule has 0 fully saturated rings. The van der Waals surface area contributed by atoms with Crippen molar-refractivity contribution >= 4 is 39.1 Å². The molecule has 0 saturated carbocycles. The molecule has 2 unspecified atom stereocenters. The highest BCUT2D eigenvalue weighted by molar-refractivity contribution is 7.92. The van der Waals surface area contributed by atoms with Crippen LogP contribution < -0.4 is 14.4 Å². The zero-order valence-electron chi connectivity index (χ0n) is 26.5. The third kappa shape index (κ3) is 8.47. The van der Waals surface area contributed by atoms with Crippen LogP contribution in [0.4, 0.5) is 5.69 Å². The Kier molecular flexibility index (Phi) is 11.8. The van der Waals surface area contributed by atoms with E-state index in [2.05, 4.69) is 5.32 Å². The van der Waals surface area contributed by atoms with Gasteiger partial charge in [0.15, 0.2) is 0 Å². The van der Waals surface area contributed by atoms with Crippen LogP contribution in [0.1, 0.15) is 37.0 Å². The van der Waals surface area contributed by atoms with E-state index in [0.717, 1.165) is 21.0 Å². The lowest BCUT2D eigenvalue weighted by Gasteiger charge is -2.35. The minimum Gasteiger partial charge on any atom is -0.495 e. The average molecular weight is 662 g/mol. The highest BCUT2D eigenvalue weighted by Gasteiger charge is 2.36. The summed E-state index contributed by atoms with van der Waals surface area (Å²) in [5, 5.41) is 3.32. The topological polar surface area (TPSA) is 96.0 Å². The molecule has 0 saturated heterocycles. The molecule has 2 amide bonds. The smallest absolute Gasteiger partial charge is 0.264 e. The minimum atomic E-state index is -4.29. The molecule has 0 spiro atoms. The van der Waals surface area contributed by atoms with Crippen LogP contribution in [0.25, 0.3) is 0 Å². The van der Waals surface area contributed by atoms with Crippen LogP contribution in [-0.2, 0) is 32.6 Å². The highest BCUT2D eigenvalue weighted by atomic mass is 35.5. The summed E-state index contributed by atoms with van der Waals surface area (Å²) in [5.41, 5.74) is 2.74. The standard InChI is InChI=1S/C36H40ClN3O5S/c1-5-27(3)38-36(42)33(22-28-15-8-6-9-16-28)39(24-29-17-13-12-14-26(29)2)35(41)25-40(32-23-30(37)20-21-34(32)45-4)46(43,44)31-18-10-7-11-19-31/h6-21,23,27,33H,5,22,24-25H2,1-4H3,(H,38,42). The number of methoxy groups -OCH3 is 1. The first-order valence-corrected chi connectivity index (χ1v) is 17.0. The molecule has 0 aromatic heterocycles. The van der Waals surface area contributed by atoms with Gasteiger partial charge in [0.25, 0.3) is 10.0 Å². The summed E-state index contributed by atoms with van der Waals surface area (Å²) in [7, 11) is -2.88. The molecule has 4 aromatic carbocycles. The van der Waals surface area contributed by atoms with Gasteiger partial charge in [0.2, 0.25) is 11.8 Å². The number of benzene rings is 4. The van der Waals surface area contributed by atoms with Gasteiger partial charge in [-0.15, -0.1) is 0 Å². The fourth-order valence-corrected chi connectivity index (χ4v) is 6.66. The van der Waals surface area contributed by atoms with Gasteiger partial charge in [0.1, 0.15) is 18.3 Å². The molecule has 0 bridgehead atoms. The SMILES string of the molecule is CCC(C)NC(=O)C(Cc1ccccc1)N(Cc1ccccc1C)C(=O)CN(c1cc(Cl)ccc1OC)S(=O)(=O)c1ccccc1. The number of sulfonamides is 1. The van der Waals surface area contributed by atoms with Crippen LogP contribution in [-0.4, -0.2) is 50.9 Å². The van der Waals surface area contributed by atoms with Crippen LogP contribution in [0, 0.1) is 6.92 Å². The van der Waals surface area contributed by atoms with Gasteiger partial charge >= 0.3 is 0 Å². The number of halogens is 1. The van der Waals surface area contributed by atoms with Gasteiger partial charge in [-0.1, -0.05) is 91.3 Å². The summed E-state index contributed by atoms with van der Waals surface area (Å²) in [6.45, 7) is 5.29. The molecule has 8 nitrogen and oxygen atoms in total. The van der Waals surface area contributed by atoms with Crippen molar-refractivity contribution in [2.75, 3.05) is 18.0 Å². The average Bonchev–Trinajstić information content (AvgIpc) is 3.06. The van der Waals surface area contributed by atoms with E-state index >= 15 is 0 Å². The lowest BCUT2D eigenvalue weighted by molar-refractivity contribution is -0.140. The number of carbonyl (C=O) groups excluding carboxylic acids is 2. The highest BCUT2D eigenvalue weighted by Crippen LogP contribution is 2.35. The van der Waals surface area contributed by atoms with Crippen molar-refractivity contribution in [3.8, 4) is 5.75 Å². The largest absolute Gasteiger partial charge is 0.495 e. The van der Waals surface area contributed by atoms with E-state index in [0.29, 0.717) is 6.42 Å². The van der Waals surface area contributed by atoms with Gasteiger partial charge in [0, 0.05) is 24.0 Å². The third-order valence-electron chi connectivity index (χ3n) is 7.89. The maximum absolute atomic E-state index is 14.7. The first kappa shape index (κ1) is 34.5. The summed E-state index contributed by atoms with van der Waals surface area (Å²) < 4.78 is 35.0. The van der Waals surface area contributed by atoms with Crippen LogP contribution in [0.2, 0.25) is 5.02 Å². The normalized spacial score (nSPS) is 12.5. The second kappa shape index (κ2) is 15.8. The van der Waals surface area contributed by atoms with E-state index in [4.69, 9.17) is 16.3 Å². The molecule has 242 valence electrons. The number of aryl methyl sites for hydroxylation is 1. The molecular formula is C36H40ClN3O5S. The van der Waals surface area contributed by atoms with Crippen molar-refractivity contribution in [2.24, 2.45) is 0 Å². The number of nitrogens with zero attached hydrogens (tertiary/aromatic N) is 2. The summed E-state index contributed by atoms with van der Waals surface area (Å²) in [6, 6.07) is 28.5. The van der Waals surface area contributed by atoms with Crippen LogP contribution in [0.15, 0.2) is 108 Å². The Morgan fingerprint density at radius 3 is 2.17 bits per heavy atom. The molecule has 0 aliphatic carbocycles. The van der Waals surface area contributed by atoms with Crippen molar-refractivity contribution in [3.63, 3.8) is 0 Å². The van der Waals surface area contributed by atoms with Gasteiger partial charge in [-0.2, -0.15) is 0 Å². The lowest BCUT2D eigenvalue weighted by atomic mass is 10.0. The van der Waals surface area contributed by atoms with Crippen LogP contribution in [0.5, 0.6) is 5.75 Å². The minimum absolute atomic E-state index is 0.00867. The maximum atomic E-state index is 14.7. The molecule has 0 aliphatic rings. The van der Waals surface area contributed by atoms with Gasteiger partial charge in [-0.3, -0.25) is 13.9 Å². The third-order valence-corrected chi connectivity index (χ3v) is 9.90. The van der Waals surface area contributed by atoms with Crippen molar-refractivity contribution in [3.05, 3.63) is 125 Å². The van der Waals surface area contributed by atoms with E-state index in [9.17, 15) is 18.0 Å². The predicted octanol–water partition coefficient (Wildman–Crippen LogP) is 6.41. The monoisotopic (exact) mass is 661 g/mol. The Balaban J connectivity index is 1.86. The molecule has 46 heavy (non-hydrogen) atoms. The number of amides is 2. The van der Waals surface area contributed by atoms with Crippen molar-refractivity contribution in [1.29, 1.82) is 0 Å². The fourth-order valence-electron chi connectivity index (χ4n) is 5.06. The Bertz CT molecular complexity index is 1740. The quantitative estimate of drug-likeness (QED) is 0.169. The van der Waals surface area contributed by atoms with E-state index in [-0.39, 0.29) is 46.3 Å². The number of hydrogen-bond acceptors (Lipinski definition) is 5. The molecule has 0 aliphatic heterocycles. The van der Waals surface area contributed by atoms with E-state index in [1.54, 1.807) is 30.3 Å².